The number of likely N-dealkylation sites (N-methyl/N-ethyl adjacent to an activating group) is 1. The molecule has 0 bridgehead atoms. The number of carbonyl (C=O) groups is 1. The van der Waals surface area contributed by atoms with Crippen molar-refractivity contribution in [1.29, 1.82) is 0 Å². The van der Waals surface area contributed by atoms with Gasteiger partial charge in [-0.3, -0.25) is 4.79 Å². The third kappa shape index (κ3) is 6.17. The number of carbonyl (C=O) groups excluding carboxylic acids is 1. The molecule has 1 aromatic carbocycles. The van der Waals surface area contributed by atoms with Crippen molar-refractivity contribution in [2.24, 2.45) is 0 Å². The van der Waals surface area contributed by atoms with Crippen LogP contribution in [0.3, 0.4) is 0 Å². The lowest BCUT2D eigenvalue weighted by Gasteiger charge is -2.33. The quantitative estimate of drug-likeness (QED) is 0.510. The average molecular weight is 486 g/mol. The maximum Gasteiger partial charge on any atom is 0.255 e. The first-order chi connectivity index (χ1) is 15.9. The van der Waals surface area contributed by atoms with Gasteiger partial charge >= 0.3 is 0 Å². The second kappa shape index (κ2) is 10.4. The summed E-state index contributed by atoms with van der Waals surface area (Å²) >= 11 is 1.60. The van der Waals surface area contributed by atoms with Crippen molar-refractivity contribution >= 4 is 38.8 Å². The molecule has 3 aromatic rings. The van der Waals surface area contributed by atoms with Crippen molar-refractivity contribution in [2.75, 3.05) is 50.0 Å². The molecule has 174 valence electrons. The molecular weight excluding hydrogens is 458 g/mol. The highest BCUT2D eigenvalue weighted by molar-refractivity contribution is 7.89. The molecule has 2 N–H and O–H groups in total. The first kappa shape index (κ1) is 23.4. The third-order valence-corrected chi connectivity index (χ3v) is 7.92. The molecule has 2 aromatic heterocycles. The number of pyridine rings is 1. The van der Waals surface area contributed by atoms with Crippen LogP contribution in [0.15, 0.2) is 65.0 Å². The summed E-state index contributed by atoms with van der Waals surface area (Å²) in [6.07, 6.45) is 2.28. The predicted octanol–water partition coefficient (Wildman–Crippen LogP) is 2.67. The van der Waals surface area contributed by atoms with Gasteiger partial charge in [0, 0.05) is 43.2 Å². The first-order valence-electron chi connectivity index (χ1n) is 10.7. The number of hydrogen-bond donors (Lipinski definition) is 2. The largest absolute Gasteiger partial charge is 0.354 e. The van der Waals surface area contributed by atoms with Gasteiger partial charge in [0.05, 0.1) is 16.8 Å². The molecule has 0 aliphatic carbocycles. The van der Waals surface area contributed by atoms with Crippen LogP contribution in [0.2, 0.25) is 0 Å². The Balaban J connectivity index is 1.32. The fourth-order valence-electron chi connectivity index (χ4n) is 3.52. The lowest BCUT2D eigenvalue weighted by atomic mass is 10.2. The fraction of sp³-hybridized carbons (Fsp3) is 0.304. The van der Waals surface area contributed by atoms with E-state index in [1.54, 1.807) is 17.5 Å². The molecule has 0 spiro atoms. The molecule has 1 amide bonds. The van der Waals surface area contributed by atoms with Gasteiger partial charge < -0.3 is 15.1 Å². The van der Waals surface area contributed by atoms with E-state index in [-0.39, 0.29) is 10.8 Å². The molecule has 1 saturated heterocycles. The van der Waals surface area contributed by atoms with Crippen LogP contribution in [-0.4, -0.2) is 64.0 Å². The summed E-state index contributed by atoms with van der Waals surface area (Å²) in [5.41, 5.74) is 0.959. The number of thiophene rings is 1. The molecule has 3 heterocycles. The van der Waals surface area contributed by atoms with Crippen LogP contribution in [0.25, 0.3) is 0 Å². The van der Waals surface area contributed by atoms with E-state index >= 15 is 0 Å². The molecule has 0 radical (unpaired) electrons. The zero-order chi connectivity index (χ0) is 23.3. The minimum atomic E-state index is -3.63. The molecule has 8 nitrogen and oxygen atoms in total. The number of amides is 1. The van der Waals surface area contributed by atoms with E-state index in [9.17, 15) is 13.2 Å². The van der Waals surface area contributed by atoms with Crippen LogP contribution < -0.4 is 14.9 Å². The Labute approximate surface area is 198 Å². The maximum absolute atomic E-state index is 12.6. The molecule has 0 unspecified atom stereocenters. The van der Waals surface area contributed by atoms with Gasteiger partial charge in [0.15, 0.2) is 0 Å². The summed E-state index contributed by atoms with van der Waals surface area (Å²) in [5.74, 6) is 0.570. The minimum Gasteiger partial charge on any atom is -0.354 e. The van der Waals surface area contributed by atoms with E-state index in [4.69, 9.17) is 0 Å². The topological polar surface area (TPSA) is 94.6 Å². The number of rotatable bonds is 8. The molecule has 33 heavy (non-hydrogen) atoms. The van der Waals surface area contributed by atoms with Crippen molar-refractivity contribution in [3.8, 4) is 0 Å². The van der Waals surface area contributed by atoms with Crippen molar-refractivity contribution in [2.45, 2.75) is 11.3 Å². The van der Waals surface area contributed by atoms with Gasteiger partial charge in [-0.05, 0) is 61.3 Å². The number of piperazine rings is 1. The number of nitrogens with one attached hydrogen (secondary N) is 2. The summed E-state index contributed by atoms with van der Waals surface area (Å²) in [6, 6.07) is 13.5. The van der Waals surface area contributed by atoms with E-state index in [1.165, 1.54) is 24.3 Å². The smallest absolute Gasteiger partial charge is 0.255 e. The van der Waals surface area contributed by atoms with Gasteiger partial charge in [-0.2, -0.15) is 0 Å². The molecule has 0 saturated carbocycles. The molecule has 10 heteroatoms. The Morgan fingerprint density at radius 1 is 1.06 bits per heavy atom. The highest BCUT2D eigenvalue weighted by atomic mass is 32.2. The number of nitrogens with zero attached hydrogens (tertiary/aromatic N) is 3. The van der Waals surface area contributed by atoms with Crippen LogP contribution in [-0.2, 0) is 16.4 Å². The lowest BCUT2D eigenvalue weighted by Crippen LogP contribution is -2.44. The van der Waals surface area contributed by atoms with Crippen LogP contribution in [0.5, 0.6) is 0 Å². The highest BCUT2D eigenvalue weighted by Gasteiger charge is 2.17. The zero-order valence-corrected chi connectivity index (χ0v) is 20.0. The standard InChI is InChI=1S/C23H27N5O3S2/c1-27-12-14-28(15-13-27)22-9-6-19(17-24-22)26-23(29)18-4-7-21(8-5-18)33(30,31)25-11-10-20-3-2-16-32-20/h2-9,16-17,25H,10-15H2,1H3,(H,26,29). The third-order valence-electron chi connectivity index (χ3n) is 5.50. The van der Waals surface area contributed by atoms with Gasteiger partial charge in [0.25, 0.3) is 5.91 Å². The normalized spacial score (nSPS) is 14.9. The van der Waals surface area contributed by atoms with Gasteiger partial charge in [-0.25, -0.2) is 18.1 Å². The van der Waals surface area contributed by atoms with Gasteiger partial charge in [0.2, 0.25) is 10.0 Å². The molecular formula is C23H27N5O3S2. The second-order valence-corrected chi connectivity index (χ2v) is 10.7. The molecule has 1 aliphatic rings. The van der Waals surface area contributed by atoms with E-state index < -0.39 is 10.0 Å². The minimum absolute atomic E-state index is 0.128. The Morgan fingerprint density at radius 2 is 1.82 bits per heavy atom. The fourth-order valence-corrected chi connectivity index (χ4v) is 5.26. The molecule has 4 rings (SSSR count). The molecule has 1 aliphatic heterocycles. The number of aromatic nitrogens is 1. The van der Waals surface area contributed by atoms with Gasteiger partial charge in [-0.15, -0.1) is 11.3 Å². The average Bonchev–Trinajstić information content (AvgIpc) is 3.34. The van der Waals surface area contributed by atoms with Crippen molar-refractivity contribution in [1.82, 2.24) is 14.6 Å². The summed E-state index contributed by atoms with van der Waals surface area (Å²) in [7, 11) is -1.52. The number of hydrogen-bond acceptors (Lipinski definition) is 7. The Kier molecular flexibility index (Phi) is 7.39. The molecule has 0 atom stereocenters. The number of benzene rings is 1. The van der Waals surface area contributed by atoms with E-state index in [2.05, 4.69) is 31.9 Å². The molecule has 1 fully saturated rings. The van der Waals surface area contributed by atoms with Crippen LogP contribution >= 0.6 is 11.3 Å². The second-order valence-electron chi connectivity index (χ2n) is 7.90. The van der Waals surface area contributed by atoms with Crippen molar-refractivity contribution in [3.05, 3.63) is 70.5 Å². The van der Waals surface area contributed by atoms with Crippen LogP contribution in [0.1, 0.15) is 15.2 Å². The summed E-state index contributed by atoms with van der Waals surface area (Å²) in [5, 5.41) is 4.78. The number of sulfonamides is 1. The Hall–Kier alpha value is -2.79. The first-order valence-corrected chi connectivity index (χ1v) is 13.1. The lowest BCUT2D eigenvalue weighted by molar-refractivity contribution is 0.102. The van der Waals surface area contributed by atoms with Crippen molar-refractivity contribution in [3.63, 3.8) is 0 Å². The Morgan fingerprint density at radius 3 is 2.45 bits per heavy atom. The van der Waals surface area contributed by atoms with E-state index in [1.807, 2.05) is 29.6 Å². The number of anilines is 2. The van der Waals surface area contributed by atoms with Crippen LogP contribution in [0, 0.1) is 0 Å². The van der Waals surface area contributed by atoms with Crippen molar-refractivity contribution < 1.29 is 13.2 Å². The maximum atomic E-state index is 12.6. The zero-order valence-electron chi connectivity index (χ0n) is 18.4. The van der Waals surface area contributed by atoms with E-state index in [0.29, 0.717) is 24.2 Å². The van der Waals surface area contributed by atoms with Crippen LogP contribution in [0.4, 0.5) is 11.5 Å². The summed E-state index contributed by atoms with van der Waals surface area (Å²) in [6.45, 7) is 4.16. The predicted molar refractivity (Wildman–Crippen MR) is 132 cm³/mol. The Bertz CT molecular complexity index is 1160. The summed E-state index contributed by atoms with van der Waals surface area (Å²) < 4.78 is 27.6. The highest BCUT2D eigenvalue weighted by Crippen LogP contribution is 2.17. The monoisotopic (exact) mass is 485 g/mol. The SMILES string of the molecule is CN1CCN(c2ccc(NC(=O)c3ccc(S(=O)(=O)NCCc4cccs4)cc3)cn2)CC1. The summed E-state index contributed by atoms with van der Waals surface area (Å²) in [4.78, 5) is 22.8. The van der Waals surface area contributed by atoms with Gasteiger partial charge in [0.1, 0.15) is 5.82 Å². The van der Waals surface area contributed by atoms with Gasteiger partial charge in [-0.1, -0.05) is 6.07 Å². The van der Waals surface area contributed by atoms with E-state index in [0.717, 1.165) is 36.9 Å².